The number of carbonyl (C=O) groups is 2. The lowest BCUT2D eigenvalue weighted by Crippen LogP contribution is -2.34. The predicted octanol–water partition coefficient (Wildman–Crippen LogP) is 2.56. The maximum atomic E-state index is 12.5. The van der Waals surface area contributed by atoms with E-state index in [1.165, 1.54) is 6.92 Å². The highest BCUT2D eigenvalue weighted by Crippen LogP contribution is 2.48. The molecule has 0 aromatic carbocycles. The summed E-state index contributed by atoms with van der Waals surface area (Å²) in [6.07, 6.45) is 6.14. The van der Waals surface area contributed by atoms with Crippen LogP contribution < -0.4 is 0 Å². The molecule has 100 valence electrons. The Labute approximate surface area is 109 Å². The van der Waals surface area contributed by atoms with Crippen molar-refractivity contribution in [1.82, 2.24) is 4.90 Å². The third-order valence-electron chi connectivity index (χ3n) is 4.21. The summed E-state index contributed by atoms with van der Waals surface area (Å²) in [5.41, 5.74) is -0.0377. The Morgan fingerprint density at radius 2 is 2.06 bits per heavy atom. The normalized spacial score (nSPS) is 34.3. The number of hydrogen-bond donors (Lipinski definition) is 0. The Hall–Kier alpha value is -1.12. The highest BCUT2D eigenvalue weighted by molar-refractivity contribution is 5.88. The van der Waals surface area contributed by atoms with Crippen LogP contribution >= 0.6 is 0 Å². The van der Waals surface area contributed by atoms with Gasteiger partial charge in [0.15, 0.2) is 5.78 Å². The van der Waals surface area contributed by atoms with Crippen LogP contribution in [-0.4, -0.2) is 29.2 Å². The number of amides is 1. The van der Waals surface area contributed by atoms with Gasteiger partial charge in [0.2, 0.25) is 5.91 Å². The number of rotatable bonds is 3. The van der Waals surface area contributed by atoms with Gasteiger partial charge in [0, 0.05) is 12.6 Å². The van der Waals surface area contributed by atoms with E-state index in [0.29, 0.717) is 12.5 Å². The second kappa shape index (κ2) is 4.22. The maximum Gasteiger partial charge on any atom is 0.229 e. The minimum Gasteiger partial charge on any atom is -0.339 e. The van der Waals surface area contributed by atoms with E-state index in [4.69, 9.17) is 0 Å². The van der Waals surface area contributed by atoms with Crippen LogP contribution in [0.2, 0.25) is 0 Å². The van der Waals surface area contributed by atoms with Crippen molar-refractivity contribution >= 4 is 11.7 Å². The lowest BCUT2D eigenvalue weighted by atomic mass is 9.79. The van der Waals surface area contributed by atoms with E-state index in [2.05, 4.69) is 18.7 Å². The molecule has 3 nitrogen and oxygen atoms in total. The van der Waals surface area contributed by atoms with E-state index in [1.807, 2.05) is 13.0 Å². The van der Waals surface area contributed by atoms with E-state index >= 15 is 0 Å². The van der Waals surface area contributed by atoms with Crippen molar-refractivity contribution in [3.63, 3.8) is 0 Å². The number of fused-ring (bicyclic) bond motifs is 1. The van der Waals surface area contributed by atoms with Gasteiger partial charge in [0.25, 0.3) is 0 Å². The molecular formula is C15H23NO2. The monoisotopic (exact) mass is 249 g/mol. The summed E-state index contributed by atoms with van der Waals surface area (Å²) in [6, 6.07) is 0.406. The van der Waals surface area contributed by atoms with E-state index in [9.17, 15) is 9.59 Å². The van der Waals surface area contributed by atoms with Gasteiger partial charge >= 0.3 is 0 Å². The first-order valence-electron chi connectivity index (χ1n) is 6.72. The molecule has 0 unspecified atom stereocenters. The van der Waals surface area contributed by atoms with Gasteiger partial charge in [-0.25, -0.2) is 0 Å². The molecule has 0 bridgehead atoms. The lowest BCUT2D eigenvalue weighted by molar-refractivity contribution is -0.135. The molecule has 0 aromatic rings. The summed E-state index contributed by atoms with van der Waals surface area (Å²) in [5, 5.41) is 0. The van der Waals surface area contributed by atoms with Gasteiger partial charge in [-0.05, 0) is 37.7 Å². The molecule has 2 atom stereocenters. The van der Waals surface area contributed by atoms with Crippen LogP contribution in [0.5, 0.6) is 0 Å². The minimum atomic E-state index is -0.298. The van der Waals surface area contributed by atoms with Crippen molar-refractivity contribution < 1.29 is 9.59 Å². The van der Waals surface area contributed by atoms with Crippen LogP contribution in [0.25, 0.3) is 0 Å². The van der Waals surface area contributed by atoms with Crippen molar-refractivity contribution in [1.29, 1.82) is 0 Å². The topological polar surface area (TPSA) is 37.4 Å². The fourth-order valence-corrected chi connectivity index (χ4v) is 3.43. The molecular weight excluding hydrogens is 226 g/mol. The molecule has 0 aliphatic carbocycles. The summed E-state index contributed by atoms with van der Waals surface area (Å²) in [6.45, 7) is 8.90. The third-order valence-corrected chi connectivity index (χ3v) is 4.21. The molecule has 2 heterocycles. The second-order valence-corrected chi connectivity index (χ2v) is 6.94. The van der Waals surface area contributed by atoms with E-state index < -0.39 is 0 Å². The maximum absolute atomic E-state index is 12.5. The molecule has 0 spiro atoms. The molecule has 0 radical (unpaired) electrons. The molecule has 1 amide bonds. The Balaban J connectivity index is 2.06. The van der Waals surface area contributed by atoms with Crippen molar-refractivity contribution in [3.05, 3.63) is 12.2 Å². The first-order valence-corrected chi connectivity index (χ1v) is 6.72. The number of nitrogens with zero attached hydrogens (tertiary/aromatic N) is 1. The molecule has 0 aromatic heterocycles. The third kappa shape index (κ3) is 2.36. The molecule has 18 heavy (non-hydrogen) atoms. The smallest absolute Gasteiger partial charge is 0.229 e. The summed E-state index contributed by atoms with van der Waals surface area (Å²) in [5.74, 6) is 0.317. The molecule has 2 aliphatic heterocycles. The highest BCUT2D eigenvalue weighted by Gasteiger charge is 2.53. The molecule has 2 aliphatic rings. The number of carbonyl (C=O) groups excluding carboxylic acids is 2. The van der Waals surface area contributed by atoms with Crippen LogP contribution in [0.3, 0.4) is 0 Å². The standard InChI is InChI=1S/C15H23NO2/c1-11(17)6-5-7-15(4)9-12-8-14(2,3)10-16(12)13(15)18/h5-6,12H,7-10H2,1-4H3/b6-5+/t12-,15-/m0/s1. The molecule has 2 fully saturated rings. The predicted molar refractivity (Wildman–Crippen MR) is 71.1 cm³/mol. The average molecular weight is 249 g/mol. The first-order chi connectivity index (χ1) is 8.23. The summed E-state index contributed by atoms with van der Waals surface area (Å²) >= 11 is 0. The van der Waals surface area contributed by atoms with E-state index in [0.717, 1.165) is 19.4 Å². The number of ketones is 1. The Bertz CT molecular complexity index is 411. The van der Waals surface area contributed by atoms with Gasteiger partial charge in [-0.2, -0.15) is 0 Å². The van der Waals surface area contributed by atoms with Crippen LogP contribution in [0.4, 0.5) is 0 Å². The van der Waals surface area contributed by atoms with Gasteiger partial charge in [-0.1, -0.05) is 26.8 Å². The van der Waals surface area contributed by atoms with Crippen molar-refractivity contribution in [2.45, 2.75) is 53.0 Å². The van der Waals surface area contributed by atoms with E-state index in [1.54, 1.807) is 6.08 Å². The SMILES string of the molecule is CC(=O)/C=C/C[C@@]1(C)C[C@@H]2CC(C)(C)CN2C1=O. The van der Waals surface area contributed by atoms with Crippen LogP contribution in [-0.2, 0) is 9.59 Å². The second-order valence-electron chi connectivity index (χ2n) is 6.94. The summed E-state index contributed by atoms with van der Waals surface area (Å²) < 4.78 is 0. The fraction of sp³-hybridized carbons (Fsp3) is 0.733. The van der Waals surface area contributed by atoms with Crippen LogP contribution in [0, 0.1) is 10.8 Å². The first kappa shape index (κ1) is 13.3. The Kier molecular flexibility index (Phi) is 3.12. The summed E-state index contributed by atoms with van der Waals surface area (Å²) in [4.78, 5) is 25.4. The van der Waals surface area contributed by atoms with Gasteiger partial charge < -0.3 is 4.90 Å². The number of allylic oxidation sites excluding steroid dienone is 2. The molecule has 0 N–H and O–H groups in total. The zero-order valence-corrected chi connectivity index (χ0v) is 11.8. The zero-order valence-electron chi connectivity index (χ0n) is 11.8. The van der Waals surface area contributed by atoms with Gasteiger partial charge in [-0.3, -0.25) is 9.59 Å². The lowest BCUT2D eigenvalue weighted by Gasteiger charge is -2.25. The number of hydrogen-bond acceptors (Lipinski definition) is 2. The van der Waals surface area contributed by atoms with Crippen molar-refractivity contribution in [3.8, 4) is 0 Å². The molecule has 3 heteroatoms. The quantitative estimate of drug-likeness (QED) is 0.721. The Morgan fingerprint density at radius 3 is 2.61 bits per heavy atom. The van der Waals surface area contributed by atoms with Crippen molar-refractivity contribution in [2.75, 3.05) is 6.54 Å². The van der Waals surface area contributed by atoms with Crippen LogP contribution in [0.1, 0.15) is 47.0 Å². The average Bonchev–Trinajstić information content (AvgIpc) is 2.60. The molecule has 2 saturated heterocycles. The largest absolute Gasteiger partial charge is 0.339 e. The van der Waals surface area contributed by atoms with Gasteiger partial charge in [-0.15, -0.1) is 0 Å². The van der Waals surface area contributed by atoms with E-state index in [-0.39, 0.29) is 22.5 Å². The zero-order chi connectivity index (χ0) is 13.6. The van der Waals surface area contributed by atoms with Crippen molar-refractivity contribution in [2.24, 2.45) is 10.8 Å². The summed E-state index contributed by atoms with van der Waals surface area (Å²) in [7, 11) is 0. The Morgan fingerprint density at radius 1 is 1.39 bits per heavy atom. The highest BCUT2D eigenvalue weighted by atomic mass is 16.2. The van der Waals surface area contributed by atoms with Crippen LogP contribution in [0.15, 0.2) is 12.2 Å². The van der Waals surface area contributed by atoms with Gasteiger partial charge in [0.1, 0.15) is 0 Å². The molecule has 2 rings (SSSR count). The minimum absolute atomic E-state index is 0.0469. The molecule has 0 saturated carbocycles. The van der Waals surface area contributed by atoms with Gasteiger partial charge in [0.05, 0.1) is 5.41 Å². The fourth-order valence-electron chi connectivity index (χ4n) is 3.43.